The van der Waals surface area contributed by atoms with Crippen LogP contribution in [-0.2, 0) is 9.53 Å². The SMILES string of the molecule is COc1cc(NC(=O)/C(F)=C\c2ccccc2)ccc1C1=CC=C(C)OC1. The van der Waals surface area contributed by atoms with Gasteiger partial charge < -0.3 is 14.8 Å². The van der Waals surface area contributed by atoms with Crippen LogP contribution in [0.2, 0.25) is 0 Å². The topological polar surface area (TPSA) is 47.6 Å². The highest BCUT2D eigenvalue weighted by Gasteiger charge is 2.15. The summed E-state index contributed by atoms with van der Waals surface area (Å²) >= 11 is 0. The maximum absolute atomic E-state index is 14.1. The van der Waals surface area contributed by atoms with Crippen LogP contribution in [0.5, 0.6) is 5.75 Å². The highest BCUT2D eigenvalue weighted by molar-refractivity contribution is 6.05. The van der Waals surface area contributed by atoms with Crippen molar-refractivity contribution >= 4 is 23.2 Å². The minimum Gasteiger partial charge on any atom is -0.496 e. The van der Waals surface area contributed by atoms with Gasteiger partial charge in [-0.3, -0.25) is 4.79 Å². The van der Waals surface area contributed by atoms with Gasteiger partial charge >= 0.3 is 0 Å². The number of nitrogens with one attached hydrogen (secondary N) is 1. The number of allylic oxidation sites excluding steroid dienone is 3. The molecule has 2 aromatic rings. The Morgan fingerprint density at radius 3 is 2.63 bits per heavy atom. The summed E-state index contributed by atoms with van der Waals surface area (Å²) in [6.45, 7) is 2.33. The smallest absolute Gasteiger partial charge is 0.284 e. The van der Waals surface area contributed by atoms with Crippen molar-refractivity contribution in [2.75, 3.05) is 19.0 Å². The maximum Gasteiger partial charge on any atom is 0.284 e. The third-order valence-corrected chi connectivity index (χ3v) is 4.09. The van der Waals surface area contributed by atoms with Crippen LogP contribution in [0.1, 0.15) is 18.1 Å². The van der Waals surface area contributed by atoms with Crippen molar-refractivity contribution in [3.8, 4) is 5.75 Å². The molecule has 1 heterocycles. The largest absolute Gasteiger partial charge is 0.496 e. The molecule has 27 heavy (non-hydrogen) atoms. The van der Waals surface area contributed by atoms with Crippen LogP contribution in [-0.4, -0.2) is 19.6 Å². The molecule has 0 aromatic heterocycles. The molecule has 0 fully saturated rings. The van der Waals surface area contributed by atoms with Crippen molar-refractivity contribution in [2.45, 2.75) is 6.92 Å². The molecule has 0 spiro atoms. The molecule has 138 valence electrons. The molecule has 0 unspecified atom stereocenters. The van der Waals surface area contributed by atoms with Gasteiger partial charge in [-0.1, -0.05) is 36.4 Å². The van der Waals surface area contributed by atoms with Gasteiger partial charge in [-0.05, 0) is 36.8 Å². The summed E-state index contributed by atoms with van der Waals surface area (Å²) < 4.78 is 25.1. The number of halogens is 1. The quantitative estimate of drug-likeness (QED) is 0.762. The highest BCUT2D eigenvalue weighted by Crippen LogP contribution is 2.31. The number of benzene rings is 2. The third kappa shape index (κ3) is 4.64. The summed E-state index contributed by atoms with van der Waals surface area (Å²) in [7, 11) is 1.55. The molecular formula is C22H20FNO3. The number of carbonyl (C=O) groups is 1. The van der Waals surface area contributed by atoms with Crippen molar-refractivity contribution in [2.24, 2.45) is 0 Å². The monoisotopic (exact) mass is 365 g/mol. The molecule has 1 aliphatic heterocycles. The Balaban J connectivity index is 1.78. The van der Waals surface area contributed by atoms with E-state index in [0.29, 0.717) is 23.6 Å². The lowest BCUT2D eigenvalue weighted by Gasteiger charge is -2.17. The van der Waals surface area contributed by atoms with Gasteiger partial charge in [-0.2, -0.15) is 0 Å². The first-order chi connectivity index (χ1) is 13.1. The predicted octanol–water partition coefficient (Wildman–Crippen LogP) is 4.96. The number of carbonyl (C=O) groups excluding carboxylic acids is 1. The molecule has 0 saturated heterocycles. The molecule has 0 aliphatic carbocycles. The Kier molecular flexibility index (Phi) is 5.71. The fourth-order valence-electron chi connectivity index (χ4n) is 2.66. The lowest BCUT2D eigenvalue weighted by molar-refractivity contribution is -0.114. The molecule has 0 radical (unpaired) electrons. The summed E-state index contributed by atoms with van der Waals surface area (Å²) in [6.07, 6.45) is 5.05. The number of hydrogen-bond donors (Lipinski definition) is 1. The van der Waals surface area contributed by atoms with E-state index in [0.717, 1.165) is 16.9 Å². The van der Waals surface area contributed by atoms with Crippen molar-refractivity contribution in [3.63, 3.8) is 0 Å². The van der Waals surface area contributed by atoms with Crippen molar-refractivity contribution in [3.05, 3.63) is 83.4 Å². The first-order valence-electron chi connectivity index (χ1n) is 8.49. The van der Waals surface area contributed by atoms with E-state index >= 15 is 0 Å². The van der Waals surface area contributed by atoms with Gasteiger partial charge in [-0.15, -0.1) is 0 Å². The molecule has 0 saturated carbocycles. The number of ether oxygens (including phenoxy) is 2. The van der Waals surface area contributed by atoms with E-state index in [1.165, 1.54) is 6.08 Å². The molecule has 2 aromatic carbocycles. The zero-order valence-corrected chi connectivity index (χ0v) is 15.2. The first-order valence-corrected chi connectivity index (χ1v) is 8.49. The van der Waals surface area contributed by atoms with Gasteiger partial charge in [-0.25, -0.2) is 4.39 Å². The Bertz CT molecular complexity index is 930. The zero-order valence-electron chi connectivity index (χ0n) is 15.2. The van der Waals surface area contributed by atoms with E-state index in [2.05, 4.69) is 5.32 Å². The van der Waals surface area contributed by atoms with Crippen molar-refractivity contribution in [1.82, 2.24) is 0 Å². The summed E-state index contributed by atoms with van der Waals surface area (Å²) in [5.74, 6) is -0.258. The Hall–Kier alpha value is -3.34. The second-order valence-electron chi connectivity index (χ2n) is 6.03. The van der Waals surface area contributed by atoms with Crippen LogP contribution in [0.3, 0.4) is 0 Å². The van der Waals surface area contributed by atoms with Crippen LogP contribution < -0.4 is 10.1 Å². The fraction of sp³-hybridized carbons (Fsp3) is 0.136. The first kappa shape index (κ1) is 18.5. The van der Waals surface area contributed by atoms with Gasteiger partial charge in [0.1, 0.15) is 12.4 Å². The van der Waals surface area contributed by atoms with Gasteiger partial charge in [0.2, 0.25) is 0 Å². The molecule has 1 aliphatic rings. The number of hydrogen-bond acceptors (Lipinski definition) is 3. The molecule has 3 rings (SSSR count). The molecule has 0 bridgehead atoms. The van der Waals surface area contributed by atoms with E-state index in [1.54, 1.807) is 43.5 Å². The molecule has 0 atom stereocenters. The van der Waals surface area contributed by atoms with Gasteiger partial charge in [0, 0.05) is 22.9 Å². The molecule has 1 amide bonds. The van der Waals surface area contributed by atoms with Crippen molar-refractivity contribution in [1.29, 1.82) is 0 Å². The normalized spacial score (nSPS) is 14.0. The maximum atomic E-state index is 14.1. The summed E-state index contributed by atoms with van der Waals surface area (Å²) in [5.41, 5.74) is 2.89. The summed E-state index contributed by atoms with van der Waals surface area (Å²) in [5, 5.41) is 2.55. The fourth-order valence-corrected chi connectivity index (χ4v) is 2.66. The van der Waals surface area contributed by atoms with Crippen LogP contribution >= 0.6 is 0 Å². The molecule has 1 N–H and O–H groups in total. The minimum atomic E-state index is -0.867. The lowest BCUT2D eigenvalue weighted by atomic mass is 10.0. The van der Waals surface area contributed by atoms with E-state index in [9.17, 15) is 9.18 Å². The van der Waals surface area contributed by atoms with Gasteiger partial charge in [0.15, 0.2) is 5.83 Å². The Morgan fingerprint density at radius 1 is 1.19 bits per heavy atom. The van der Waals surface area contributed by atoms with E-state index in [4.69, 9.17) is 9.47 Å². The molecular weight excluding hydrogens is 345 g/mol. The number of anilines is 1. The third-order valence-electron chi connectivity index (χ3n) is 4.09. The van der Waals surface area contributed by atoms with E-state index in [1.807, 2.05) is 31.2 Å². The van der Waals surface area contributed by atoms with Crippen molar-refractivity contribution < 1.29 is 18.7 Å². The second kappa shape index (κ2) is 8.36. The van der Waals surface area contributed by atoms with Crippen LogP contribution in [0.15, 0.2) is 72.3 Å². The molecule has 4 nitrogen and oxygen atoms in total. The van der Waals surface area contributed by atoms with Crippen LogP contribution in [0.25, 0.3) is 11.6 Å². The highest BCUT2D eigenvalue weighted by atomic mass is 19.1. The standard InChI is InChI=1S/C22H20FNO3/c1-15-8-9-17(14-27-15)19-11-10-18(13-21(19)26-2)24-22(25)20(23)12-16-6-4-3-5-7-16/h3-13H,14H2,1-2H3,(H,24,25)/b20-12+. The minimum absolute atomic E-state index is 0.443. The van der Waals surface area contributed by atoms with Crippen LogP contribution in [0, 0.1) is 0 Å². The van der Waals surface area contributed by atoms with E-state index in [-0.39, 0.29) is 0 Å². The lowest BCUT2D eigenvalue weighted by Crippen LogP contribution is -2.12. The van der Waals surface area contributed by atoms with Gasteiger partial charge in [0.25, 0.3) is 5.91 Å². The van der Waals surface area contributed by atoms with E-state index < -0.39 is 11.7 Å². The van der Waals surface area contributed by atoms with Gasteiger partial charge in [0.05, 0.1) is 12.9 Å². The predicted molar refractivity (Wildman–Crippen MR) is 105 cm³/mol. The average Bonchev–Trinajstić information content (AvgIpc) is 2.69. The second-order valence-corrected chi connectivity index (χ2v) is 6.03. The number of rotatable bonds is 5. The number of methoxy groups -OCH3 is 1. The molecule has 5 heteroatoms. The Morgan fingerprint density at radius 2 is 1.96 bits per heavy atom. The number of amides is 1. The zero-order chi connectivity index (χ0) is 19.2. The summed E-state index contributed by atoms with van der Waals surface area (Å²) in [4.78, 5) is 12.1. The average molecular weight is 365 g/mol. The summed E-state index contributed by atoms with van der Waals surface area (Å²) in [6, 6.07) is 14.0. The Labute approximate surface area is 157 Å². The van der Waals surface area contributed by atoms with Crippen LogP contribution in [0.4, 0.5) is 10.1 Å².